The van der Waals surface area contributed by atoms with Crippen molar-refractivity contribution in [2.75, 3.05) is 19.8 Å². The lowest BCUT2D eigenvalue weighted by Crippen LogP contribution is -2.37. The molecule has 5 nitrogen and oxygen atoms in total. The van der Waals surface area contributed by atoms with E-state index in [9.17, 15) is 4.79 Å². The molecule has 2 N–H and O–H groups in total. The summed E-state index contributed by atoms with van der Waals surface area (Å²) in [6.45, 7) is 3.31. The summed E-state index contributed by atoms with van der Waals surface area (Å²) < 4.78 is 11.2. The Bertz CT molecular complexity index is 944. The van der Waals surface area contributed by atoms with Crippen LogP contribution in [0.3, 0.4) is 0 Å². The first-order valence-electron chi connectivity index (χ1n) is 9.71. The highest BCUT2D eigenvalue weighted by Gasteiger charge is 2.18. The molecule has 0 saturated carbocycles. The second-order valence-corrected chi connectivity index (χ2v) is 7.91. The van der Waals surface area contributed by atoms with Gasteiger partial charge in [0.15, 0.2) is 11.5 Å². The Morgan fingerprint density at radius 3 is 2.55 bits per heavy atom. The van der Waals surface area contributed by atoms with Gasteiger partial charge in [-0.2, -0.15) is 0 Å². The normalized spacial score (nSPS) is 14.8. The standard InChI is InChI=1S/C23H24N2O3S/c1-16(18-9-10-19-20(14-18)28-12-11-27-19)25-22(26)15-24-23(21-8-5-13-29-21)17-6-3-2-4-7-17/h2-10,13-14,16,23-24H,11-12,15H2,1H3,(H,25,26)/t16-,23-/m0/s1. The van der Waals surface area contributed by atoms with Crippen LogP contribution >= 0.6 is 11.3 Å². The first kappa shape index (κ1) is 19.5. The molecule has 2 atom stereocenters. The largest absolute Gasteiger partial charge is 0.486 e. The monoisotopic (exact) mass is 408 g/mol. The van der Waals surface area contributed by atoms with Crippen molar-refractivity contribution in [1.29, 1.82) is 0 Å². The zero-order valence-electron chi connectivity index (χ0n) is 16.3. The second kappa shape index (κ2) is 9.11. The molecular weight excluding hydrogens is 384 g/mol. The van der Waals surface area contributed by atoms with Crippen LogP contribution in [0.1, 0.15) is 35.0 Å². The average molecular weight is 409 g/mol. The molecular formula is C23H24N2O3S. The Hall–Kier alpha value is -2.83. The Kier molecular flexibility index (Phi) is 6.12. The smallest absolute Gasteiger partial charge is 0.234 e. The van der Waals surface area contributed by atoms with Gasteiger partial charge in [-0.05, 0) is 41.6 Å². The second-order valence-electron chi connectivity index (χ2n) is 6.93. The van der Waals surface area contributed by atoms with Gasteiger partial charge in [0, 0.05) is 4.88 Å². The number of nitrogens with one attached hydrogen (secondary N) is 2. The van der Waals surface area contributed by atoms with Gasteiger partial charge in [0.05, 0.1) is 18.6 Å². The van der Waals surface area contributed by atoms with Crippen LogP contribution in [0.5, 0.6) is 11.5 Å². The molecule has 2 aromatic carbocycles. The lowest BCUT2D eigenvalue weighted by atomic mass is 10.1. The minimum absolute atomic E-state index is 0.00782. The fraction of sp³-hybridized carbons (Fsp3) is 0.261. The third kappa shape index (κ3) is 4.78. The number of benzene rings is 2. The zero-order valence-corrected chi connectivity index (χ0v) is 17.1. The Morgan fingerprint density at radius 1 is 1.00 bits per heavy atom. The van der Waals surface area contributed by atoms with E-state index in [2.05, 4.69) is 34.2 Å². The number of hydrogen-bond acceptors (Lipinski definition) is 5. The summed E-state index contributed by atoms with van der Waals surface area (Å²) in [5, 5.41) is 8.51. The van der Waals surface area contributed by atoms with Crippen molar-refractivity contribution in [2.24, 2.45) is 0 Å². The summed E-state index contributed by atoms with van der Waals surface area (Å²) in [7, 11) is 0. The van der Waals surface area contributed by atoms with Crippen molar-refractivity contribution in [3.8, 4) is 11.5 Å². The van der Waals surface area contributed by atoms with Crippen LogP contribution in [0.4, 0.5) is 0 Å². The Balaban J connectivity index is 1.38. The minimum Gasteiger partial charge on any atom is -0.486 e. The van der Waals surface area contributed by atoms with Gasteiger partial charge in [-0.1, -0.05) is 42.5 Å². The summed E-state index contributed by atoms with van der Waals surface area (Å²) in [6, 6.07) is 20.0. The van der Waals surface area contributed by atoms with Gasteiger partial charge in [0.1, 0.15) is 13.2 Å². The van der Waals surface area contributed by atoms with Gasteiger partial charge >= 0.3 is 0 Å². The topological polar surface area (TPSA) is 59.6 Å². The van der Waals surface area contributed by atoms with E-state index < -0.39 is 0 Å². The number of ether oxygens (including phenoxy) is 2. The molecule has 0 fully saturated rings. The first-order valence-corrected chi connectivity index (χ1v) is 10.6. The average Bonchev–Trinajstić information content (AvgIpc) is 3.29. The molecule has 4 rings (SSSR count). The maximum absolute atomic E-state index is 12.6. The van der Waals surface area contributed by atoms with Crippen molar-refractivity contribution in [2.45, 2.75) is 19.0 Å². The first-order chi connectivity index (χ1) is 14.2. The lowest BCUT2D eigenvalue weighted by molar-refractivity contribution is -0.121. The summed E-state index contributed by atoms with van der Waals surface area (Å²) in [5.74, 6) is 1.43. The van der Waals surface area contributed by atoms with Gasteiger partial charge in [0.2, 0.25) is 5.91 Å². The molecule has 2 heterocycles. The van der Waals surface area contributed by atoms with Crippen LogP contribution in [-0.4, -0.2) is 25.7 Å². The van der Waals surface area contributed by atoms with Crippen molar-refractivity contribution in [1.82, 2.24) is 10.6 Å². The quantitative estimate of drug-likeness (QED) is 0.619. The van der Waals surface area contributed by atoms with Crippen LogP contribution in [0, 0.1) is 0 Å². The van der Waals surface area contributed by atoms with Crippen LogP contribution in [-0.2, 0) is 4.79 Å². The van der Waals surface area contributed by atoms with Crippen molar-refractivity contribution in [3.05, 3.63) is 82.0 Å². The molecule has 0 spiro atoms. The van der Waals surface area contributed by atoms with E-state index in [-0.39, 0.29) is 24.5 Å². The maximum Gasteiger partial charge on any atom is 0.234 e. The number of thiophene rings is 1. The maximum atomic E-state index is 12.6. The van der Waals surface area contributed by atoms with Crippen LogP contribution < -0.4 is 20.1 Å². The molecule has 0 saturated heterocycles. The third-order valence-corrected chi connectivity index (χ3v) is 5.81. The van der Waals surface area contributed by atoms with E-state index in [1.165, 1.54) is 4.88 Å². The lowest BCUT2D eigenvalue weighted by Gasteiger charge is -2.22. The van der Waals surface area contributed by atoms with Crippen LogP contribution in [0.15, 0.2) is 66.0 Å². The summed E-state index contributed by atoms with van der Waals surface area (Å²) in [4.78, 5) is 13.8. The molecule has 3 aromatic rings. The summed E-state index contributed by atoms with van der Waals surface area (Å²) in [6.07, 6.45) is 0. The molecule has 6 heteroatoms. The van der Waals surface area contributed by atoms with E-state index in [0.717, 1.165) is 22.6 Å². The van der Waals surface area contributed by atoms with Gasteiger partial charge < -0.3 is 14.8 Å². The fourth-order valence-electron chi connectivity index (χ4n) is 3.38. The highest BCUT2D eigenvalue weighted by Crippen LogP contribution is 2.32. The Morgan fingerprint density at radius 2 is 1.79 bits per heavy atom. The van der Waals surface area contributed by atoms with Gasteiger partial charge in [-0.3, -0.25) is 10.1 Å². The highest BCUT2D eigenvalue weighted by atomic mass is 32.1. The molecule has 29 heavy (non-hydrogen) atoms. The van der Waals surface area contributed by atoms with E-state index in [1.54, 1.807) is 11.3 Å². The fourth-order valence-corrected chi connectivity index (χ4v) is 4.21. The predicted octanol–water partition coefficient (Wildman–Crippen LogP) is 4.08. The SMILES string of the molecule is C[C@H](NC(=O)CN[C@@H](c1ccccc1)c1cccs1)c1ccc2c(c1)OCCO2. The van der Waals surface area contributed by atoms with E-state index >= 15 is 0 Å². The van der Waals surface area contributed by atoms with Crippen molar-refractivity contribution in [3.63, 3.8) is 0 Å². The number of amides is 1. The number of carbonyl (C=O) groups is 1. The highest BCUT2D eigenvalue weighted by molar-refractivity contribution is 7.10. The van der Waals surface area contributed by atoms with E-state index in [0.29, 0.717) is 13.2 Å². The molecule has 1 aromatic heterocycles. The molecule has 1 amide bonds. The van der Waals surface area contributed by atoms with E-state index in [1.807, 2.05) is 49.4 Å². The Labute approximate surface area is 174 Å². The number of fused-ring (bicyclic) bond motifs is 1. The molecule has 1 aliphatic heterocycles. The van der Waals surface area contributed by atoms with Gasteiger partial charge in [-0.25, -0.2) is 0 Å². The predicted molar refractivity (Wildman–Crippen MR) is 115 cm³/mol. The van der Waals surface area contributed by atoms with Crippen molar-refractivity contribution < 1.29 is 14.3 Å². The zero-order chi connectivity index (χ0) is 20.1. The molecule has 0 bridgehead atoms. The molecule has 1 aliphatic rings. The summed E-state index contributed by atoms with van der Waals surface area (Å²) >= 11 is 1.68. The number of rotatable bonds is 7. The molecule has 0 unspecified atom stereocenters. The number of carbonyl (C=O) groups excluding carboxylic acids is 1. The van der Waals surface area contributed by atoms with Gasteiger partial charge in [0.25, 0.3) is 0 Å². The summed E-state index contributed by atoms with van der Waals surface area (Å²) in [5.41, 5.74) is 2.13. The van der Waals surface area contributed by atoms with E-state index in [4.69, 9.17) is 9.47 Å². The van der Waals surface area contributed by atoms with Crippen LogP contribution in [0.2, 0.25) is 0 Å². The van der Waals surface area contributed by atoms with Crippen molar-refractivity contribution >= 4 is 17.2 Å². The minimum atomic E-state index is -0.128. The molecule has 0 radical (unpaired) electrons. The number of hydrogen-bond donors (Lipinski definition) is 2. The molecule has 150 valence electrons. The van der Waals surface area contributed by atoms with Crippen LogP contribution in [0.25, 0.3) is 0 Å². The van der Waals surface area contributed by atoms with Gasteiger partial charge in [-0.15, -0.1) is 11.3 Å². The third-order valence-electron chi connectivity index (χ3n) is 4.87. The molecule has 0 aliphatic carbocycles.